The van der Waals surface area contributed by atoms with E-state index in [4.69, 9.17) is 26.6 Å². The molecule has 0 N–H and O–H groups in total. The molecule has 0 aliphatic heterocycles. The van der Waals surface area contributed by atoms with Crippen LogP contribution in [0.3, 0.4) is 0 Å². The summed E-state index contributed by atoms with van der Waals surface area (Å²) in [6, 6.07) is 15.2. The van der Waals surface area contributed by atoms with Gasteiger partial charge in [-0.2, -0.15) is 0 Å². The SMILES string of the molecule is CCO[Si](CCc1cc(C)cc(SSSc2cc(C)cc(CC[Si](OCC)(OCC)OCC)c2)c1)(OCC)OCC. The van der Waals surface area contributed by atoms with E-state index in [-0.39, 0.29) is 0 Å². The summed E-state index contributed by atoms with van der Waals surface area (Å²) < 4.78 is 36.4. The third-order valence-electron chi connectivity index (χ3n) is 6.11. The largest absolute Gasteiger partial charge is 0.501 e. The molecule has 232 valence electrons. The average molecular weight is 659 g/mol. The van der Waals surface area contributed by atoms with Gasteiger partial charge in [-0.05, 0) is 146 Å². The van der Waals surface area contributed by atoms with E-state index in [1.54, 1.807) is 31.4 Å². The number of hydrogen-bond donors (Lipinski definition) is 0. The minimum absolute atomic E-state index is 0.601. The quantitative estimate of drug-likeness (QED) is 0.0912. The summed E-state index contributed by atoms with van der Waals surface area (Å²) >= 11 is 0. The Morgan fingerprint density at radius 1 is 0.488 bits per heavy atom. The second kappa shape index (κ2) is 19.9. The minimum Gasteiger partial charge on any atom is -0.374 e. The molecule has 0 aliphatic carbocycles. The van der Waals surface area contributed by atoms with Gasteiger partial charge < -0.3 is 26.6 Å². The highest BCUT2D eigenvalue weighted by Gasteiger charge is 2.40. The van der Waals surface area contributed by atoms with Crippen molar-refractivity contribution in [3.63, 3.8) is 0 Å². The molecule has 41 heavy (non-hydrogen) atoms. The molecule has 0 atom stereocenters. The van der Waals surface area contributed by atoms with Crippen LogP contribution in [0.15, 0.2) is 46.2 Å². The first-order chi connectivity index (χ1) is 19.8. The standard InChI is InChI=1S/C30H50O6S3Si2/c1-9-31-40(32-10-2,33-11-3)17-15-27-19-25(7)21-29(23-27)37-39-38-30-22-26(8)20-28(24-30)16-18-41(34-12-4,35-13-5)36-14-6/h19-24H,9-18H2,1-8H3. The van der Waals surface area contributed by atoms with Gasteiger partial charge in [0.25, 0.3) is 0 Å². The van der Waals surface area contributed by atoms with Crippen LogP contribution in [0, 0.1) is 13.8 Å². The van der Waals surface area contributed by atoms with Gasteiger partial charge in [0, 0.05) is 61.5 Å². The first-order valence-corrected chi connectivity index (χ1v) is 22.2. The first kappa shape index (κ1) is 36.9. The molecule has 11 heteroatoms. The zero-order valence-electron chi connectivity index (χ0n) is 26.2. The van der Waals surface area contributed by atoms with Gasteiger partial charge in [-0.3, -0.25) is 0 Å². The molecule has 0 aliphatic rings. The molecular weight excluding hydrogens is 609 g/mol. The Balaban J connectivity index is 2.04. The maximum atomic E-state index is 6.06. The van der Waals surface area contributed by atoms with Crippen LogP contribution < -0.4 is 0 Å². The monoisotopic (exact) mass is 658 g/mol. The summed E-state index contributed by atoms with van der Waals surface area (Å²) in [4.78, 5) is 2.51. The molecule has 0 spiro atoms. The van der Waals surface area contributed by atoms with E-state index in [1.165, 1.54) is 32.0 Å². The van der Waals surface area contributed by atoms with Crippen LogP contribution in [-0.2, 0) is 39.4 Å². The maximum Gasteiger partial charge on any atom is 0.501 e. The molecule has 2 rings (SSSR count). The van der Waals surface area contributed by atoms with E-state index in [2.05, 4.69) is 50.2 Å². The van der Waals surface area contributed by atoms with E-state index in [0.29, 0.717) is 39.6 Å². The predicted octanol–water partition coefficient (Wildman–Crippen LogP) is 8.93. The maximum absolute atomic E-state index is 6.06. The minimum atomic E-state index is -2.66. The molecule has 0 aromatic heterocycles. The number of hydrogen-bond acceptors (Lipinski definition) is 9. The molecule has 6 nitrogen and oxygen atoms in total. The average Bonchev–Trinajstić information content (AvgIpc) is 2.91. The highest BCUT2D eigenvalue weighted by Crippen LogP contribution is 2.45. The summed E-state index contributed by atoms with van der Waals surface area (Å²) in [5.41, 5.74) is 5.10. The van der Waals surface area contributed by atoms with Crippen molar-refractivity contribution in [2.75, 3.05) is 39.6 Å². The second-order valence-corrected chi connectivity index (χ2v) is 19.0. The summed E-state index contributed by atoms with van der Waals surface area (Å²) in [7, 11) is 0.0667. The van der Waals surface area contributed by atoms with Gasteiger partial charge in [0.2, 0.25) is 0 Å². The van der Waals surface area contributed by atoms with Crippen molar-refractivity contribution in [1.29, 1.82) is 0 Å². The fourth-order valence-electron chi connectivity index (χ4n) is 4.73. The number of benzene rings is 2. The highest BCUT2D eigenvalue weighted by atomic mass is 33.5. The van der Waals surface area contributed by atoms with Crippen molar-refractivity contribution in [1.82, 2.24) is 0 Å². The molecule has 0 heterocycles. The smallest absolute Gasteiger partial charge is 0.374 e. The summed E-state index contributed by atoms with van der Waals surface area (Å²) in [5.74, 6) is 0. The van der Waals surface area contributed by atoms with Crippen LogP contribution in [0.1, 0.15) is 63.8 Å². The lowest BCUT2D eigenvalue weighted by atomic mass is 10.1. The predicted molar refractivity (Wildman–Crippen MR) is 180 cm³/mol. The third-order valence-corrected chi connectivity index (χ3v) is 16.0. The summed E-state index contributed by atoms with van der Waals surface area (Å²) in [6.07, 6.45) is 1.74. The van der Waals surface area contributed by atoms with E-state index >= 15 is 0 Å². The van der Waals surface area contributed by atoms with Crippen LogP contribution in [0.4, 0.5) is 0 Å². The lowest BCUT2D eigenvalue weighted by Crippen LogP contribution is -2.46. The van der Waals surface area contributed by atoms with Gasteiger partial charge in [-0.25, -0.2) is 0 Å². The van der Waals surface area contributed by atoms with Crippen LogP contribution in [0.25, 0.3) is 0 Å². The Labute approximate surface area is 262 Å². The highest BCUT2D eigenvalue weighted by molar-refractivity contribution is 9.09. The lowest BCUT2D eigenvalue weighted by Gasteiger charge is -2.28. The zero-order chi connectivity index (χ0) is 30.1. The van der Waals surface area contributed by atoms with E-state index < -0.39 is 17.6 Å². The summed E-state index contributed by atoms with van der Waals surface area (Å²) in [6.45, 7) is 20.0. The zero-order valence-corrected chi connectivity index (χ0v) is 30.7. The summed E-state index contributed by atoms with van der Waals surface area (Å²) in [5, 5.41) is 0. The fourth-order valence-corrected chi connectivity index (χ4v) is 13.9. The Morgan fingerprint density at radius 3 is 1.10 bits per heavy atom. The fraction of sp³-hybridized carbons (Fsp3) is 0.600. The Morgan fingerprint density at radius 2 is 0.805 bits per heavy atom. The Hall–Kier alpha value is -0.316. The lowest BCUT2D eigenvalue weighted by molar-refractivity contribution is 0.0706. The van der Waals surface area contributed by atoms with Gasteiger partial charge >= 0.3 is 17.6 Å². The molecule has 0 saturated heterocycles. The molecular formula is C30H50O6S3Si2. The van der Waals surface area contributed by atoms with E-state index in [9.17, 15) is 0 Å². The molecule has 0 unspecified atom stereocenters. The van der Waals surface area contributed by atoms with Gasteiger partial charge in [0.1, 0.15) is 0 Å². The normalized spacial score (nSPS) is 12.3. The van der Waals surface area contributed by atoms with Crippen LogP contribution in [-0.4, -0.2) is 57.3 Å². The number of aryl methyl sites for hydroxylation is 4. The van der Waals surface area contributed by atoms with E-state index in [0.717, 1.165) is 24.9 Å². The topological polar surface area (TPSA) is 55.4 Å². The molecule has 0 radical (unpaired) electrons. The molecule has 2 aromatic rings. The first-order valence-electron chi connectivity index (χ1n) is 14.8. The Kier molecular flexibility index (Phi) is 17.9. The van der Waals surface area contributed by atoms with Crippen LogP contribution >= 0.6 is 31.4 Å². The Bertz CT molecular complexity index is 916. The van der Waals surface area contributed by atoms with Crippen molar-refractivity contribution < 1.29 is 26.6 Å². The van der Waals surface area contributed by atoms with Crippen LogP contribution in [0.2, 0.25) is 12.1 Å². The molecule has 0 fully saturated rings. The van der Waals surface area contributed by atoms with Crippen molar-refractivity contribution in [2.24, 2.45) is 0 Å². The van der Waals surface area contributed by atoms with Gasteiger partial charge in [-0.1, -0.05) is 12.1 Å². The van der Waals surface area contributed by atoms with Crippen molar-refractivity contribution in [2.45, 2.75) is 90.1 Å². The molecule has 2 aromatic carbocycles. The van der Waals surface area contributed by atoms with Gasteiger partial charge in [0.05, 0.1) is 0 Å². The third kappa shape index (κ3) is 13.1. The second-order valence-electron chi connectivity index (χ2n) is 9.51. The molecule has 0 amide bonds. The van der Waals surface area contributed by atoms with Crippen molar-refractivity contribution in [3.05, 3.63) is 58.7 Å². The van der Waals surface area contributed by atoms with E-state index in [1.807, 2.05) is 41.5 Å². The van der Waals surface area contributed by atoms with Crippen molar-refractivity contribution >= 4 is 49.0 Å². The molecule has 0 saturated carbocycles. The van der Waals surface area contributed by atoms with Crippen molar-refractivity contribution in [3.8, 4) is 0 Å². The van der Waals surface area contributed by atoms with Gasteiger partial charge in [-0.15, -0.1) is 0 Å². The molecule has 0 bridgehead atoms. The van der Waals surface area contributed by atoms with Crippen LogP contribution in [0.5, 0.6) is 0 Å². The number of rotatable bonds is 22. The van der Waals surface area contributed by atoms with Gasteiger partial charge in [0.15, 0.2) is 0 Å².